The van der Waals surface area contributed by atoms with Crippen LogP contribution in [0.25, 0.3) is 0 Å². The van der Waals surface area contributed by atoms with Crippen LogP contribution >= 0.6 is 15.9 Å². The summed E-state index contributed by atoms with van der Waals surface area (Å²) >= 11 is 3.58. The van der Waals surface area contributed by atoms with Crippen LogP contribution in [0.5, 0.6) is 0 Å². The Morgan fingerprint density at radius 3 is 1.96 bits per heavy atom. The van der Waals surface area contributed by atoms with Crippen molar-refractivity contribution < 1.29 is 9.59 Å². The van der Waals surface area contributed by atoms with E-state index >= 15 is 0 Å². The SMILES string of the molecule is Cc1ccc(N(c2ccccc2)N2C(=O)c3ccccc3C2=O)c(Br)c1. The van der Waals surface area contributed by atoms with E-state index in [9.17, 15) is 9.59 Å². The number of imide groups is 1. The molecule has 3 aromatic rings. The molecule has 1 aliphatic heterocycles. The van der Waals surface area contributed by atoms with Crippen LogP contribution in [-0.2, 0) is 0 Å². The van der Waals surface area contributed by atoms with Gasteiger partial charge in [-0.1, -0.05) is 36.4 Å². The Balaban J connectivity index is 1.90. The molecule has 0 aromatic heterocycles. The molecule has 4 nitrogen and oxygen atoms in total. The second-order valence-corrected chi connectivity index (χ2v) is 6.92. The third kappa shape index (κ3) is 2.61. The van der Waals surface area contributed by atoms with E-state index in [0.29, 0.717) is 11.1 Å². The maximum Gasteiger partial charge on any atom is 0.281 e. The molecule has 0 saturated heterocycles. The summed E-state index contributed by atoms with van der Waals surface area (Å²) in [5.74, 6) is -0.663. The van der Waals surface area contributed by atoms with Gasteiger partial charge >= 0.3 is 0 Å². The summed E-state index contributed by atoms with van der Waals surface area (Å²) in [4.78, 5) is 26.0. The van der Waals surface area contributed by atoms with Crippen molar-refractivity contribution >= 4 is 39.1 Å². The molecular weight excluding hydrogens is 392 g/mol. The van der Waals surface area contributed by atoms with E-state index in [-0.39, 0.29) is 11.8 Å². The first-order chi connectivity index (χ1) is 12.6. The monoisotopic (exact) mass is 406 g/mol. The maximum atomic E-state index is 13.0. The summed E-state index contributed by atoms with van der Waals surface area (Å²) < 4.78 is 0.804. The predicted molar refractivity (Wildman–Crippen MR) is 104 cm³/mol. The zero-order valence-electron chi connectivity index (χ0n) is 14.0. The molecule has 0 bridgehead atoms. The summed E-state index contributed by atoms with van der Waals surface area (Å²) in [6, 6.07) is 22.1. The number of fused-ring (bicyclic) bond motifs is 1. The van der Waals surface area contributed by atoms with Crippen LogP contribution in [0, 0.1) is 6.92 Å². The average Bonchev–Trinajstić information content (AvgIpc) is 2.90. The van der Waals surface area contributed by atoms with Crippen molar-refractivity contribution in [1.29, 1.82) is 0 Å². The minimum Gasteiger partial charge on any atom is -0.267 e. The first kappa shape index (κ1) is 16.5. The molecule has 2 amide bonds. The molecule has 3 aromatic carbocycles. The highest BCUT2D eigenvalue weighted by Crippen LogP contribution is 2.37. The Morgan fingerprint density at radius 2 is 1.38 bits per heavy atom. The summed E-state index contributed by atoms with van der Waals surface area (Å²) in [5, 5.41) is 2.86. The molecule has 1 aliphatic rings. The van der Waals surface area contributed by atoms with Gasteiger partial charge in [-0.2, -0.15) is 5.01 Å². The number of rotatable bonds is 3. The number of anilines is 2. The second kappa shape index (κ2) is 6.42. The lowest BCUT2D eigenvalue weighted by Crippen LogP contribution is -2.43. The summed E-state index contributed by atoms with van der Waals surface area (Å²) in [5.41, 5.74) is 3.36. The molecule has 4 rings (SSSR count). The highest BCUT2D eigenvalue weighted by molar-refractivity contribution is 9.10. The van der Waals surface area contributed by atoms with Crippen LogP contribution in [0.3, 0.4) is 0 Å². The summed E-state index contributed by atoms with van der Waals surface area (Å²) in [7, 11) is 0. The lowest BCUT2D eigenvalue weighted by molar-refractivity contribution is 0.0654. The molecule has 0 unspecified atom stereocenters. The molecule has 0 N–H and O–H groups in total. The van der Waals surface area contributed by atoms with Gasteiger partial charge in [-0.15, -0.1) is 0 Å². The van der Waals surface area contributed by atoms with Crippen molar-refractivity contribution in [3.05, 3.63) is 94.0 Å². The number of amides is 2. The minimum absolute atomic E-state index is 0.332. The average molecular weight is 407 g/mol. The van der Waals surface area contributed by atoms with Crippen LogP contribution < -0.4 is 5.01 Å². The van der Waals surface area contributed by atoms with Crippen LogP contribution in [0.1, 0.15) is 26.3 Å². The zero-order chi connectivity index (χ0) is 18.3. The van der Waals surface area contributed by atoms with Gasteiger partial charge in [-0.25, -0.2) is 5.01 Å². The summed E-state index contributed by atoms with van der Waals surface area (Å²) in [6.07, 6.45) is 0. The van der Waals surface area contributed by atoms with Gasteiger partial charge in [0.25, 0.3) is 11.8 Å². The molecular formula is C21H15BrN2O2. The number of hydrogen-bond acceptors (Lipinski definition) is 3. The van der Waals surface area contributed by atoms with Gasteiger partial charge < -0.3 is 0 Å². The first-order valence-electron chi connectivity index (χ1n) is 8.17. The number of carbonyl (C=O) groups is 2. The largest absolute Gasteiger partial charge is 0.281 e. The Kier molecular flexibility index (Phi) is 4.09. The van der Waals surface area contributed by atoms with E-state index in [1.54, 1.807) is 29.3 Å². The second-order valence-electron chi connectivity index (χ2n) is 6.07. The van der Waals surface area contributed by atoms with Gasteiger partial charge in [-0.3, -0.25) is 9.59 Å². The van der Waals surface area contributed by atoms with E-state index in [0.717, 1.165) is 21.4 Å². The van der Waals surface area contributed by atoms with Gasteiger partial charge in [0.15, 0.2) is 0 Å². The van der Waals surface area contributed by atoms with Gasteiger partial charge in [0.1, 0.15) is 0 Å². The van der Waals surface area contributed by atoms with Crippen LogP contribution in [0.15, 0.2) is 77.3 Å². The predicted octanol–water partition coefficient (Wildman–Crippen LogP) is 5.11. The zero-order valence-corrected chi connectivity index (χ0v) is 15.6. The Bertz CT molecular complexity index is 983. The quantitative estimate of drug-likeness (QED) is 0.567. The van der Waals surface area contributed by atoms with Crippen molar-refractivity contribution in [2.45, 2.75) is 6.92 Å². The number of hydrazine groups is 1. The number of para-hydroxylation sites is 1. The van der Waals surface area contributed by atoms with Crippen molar-refractivity contribution in [2.75, 3.05) is 5.01 Å². The first-order valence-corrected chi connectivity index (χ1v) is 8.96. The van der Waals surface area contributed by atoms with Crippen LogP contribution in [0.2, 0.25) is 0 Å². The maximum absolute atomic E-state index is 13.0. The van der Waals surface area contributed by atoms with E-state index in [1.807, 2.05) is 55.5 Å². The number of nitrogens with zero attached hydrogens (tertiary/aromatic N) is 2. The van der Waals surface area contributed by atoms with Crippen molar-refractivity contribution in [2.24, 2.45) is 0 Å². The number of carbonyl (C=O) groups excluding carboxylic acids is 2. The van der Waals surface area contributed by atoms with E-state index in [4.69, 9.17) is 0 Å². The fourth-order valence-corrected chi connectivity index (χ4v) is 3.73. The molecule has 128 valence electrons. The van der Waals surface area contributed by atoms with Crippen molar-refractivity contribution in [1.82, 2.24) is 5.01 Å². The Morgan fingerprint density at radius 1 is 0.808 bits per heavy atom. The van der Waals surface area contributed by atoms with Gasteiger partial charge in [-0.05, 0) is 64.8 Å². The number of halogens is 1. The van der Waals surface area contributed by atoms with Crippen molar-refractivity contribution in [3.63, 3.8) is 0 Å². The van der Waals surface area contributed by atoms with E-state index in [2.05, 4.69) is 15.9 Å². The van der Waals surface area contributed by atoms with E-state index < -0.39 is 0 Å². The molecule has 0 saturated carbocycles. The Labute approximate surface area is 159 Å². The normalized spacial score (nSPS) is 13.1. The fraction of sp³-hybridized carbons (Fsp3) is 0.0476. The summed E-state index contributed by atoms with van der Waals surface area (Å²) in [6.45, 7) is 1.99. The molecule has 5 heteroatoms. The number of benzene rings is 3. The van der Waals surface area contributed by atoms with E-state index in [1.165, 1.54) is 5.01 Å². The lowest BCUT2D eigenvalue weighted by Gasteiger charge is -2.32. The standard InChI is InChI=1S/C21H15BrN2O2/c1-14-11-12-19(18(22)13-14)23(15-7-3-2-4-8-15)24-20(25)16-9-5-6-10-17(16)21(24)26/h2-13H,1H3. The lowest BCUT2D eigenvalue weighted by atomic mass is 10.1. The minimum atomic E-state index is -0.332. The van der Waals surface area contributed by atoms with Crippen LogP contribution in [0.4, 0.5) is 11.4 Å². The van der Waals surface area contributed by atoms with Crippen molar-refractivity contribution in [3.8, 4) is 0 Å². The van der Waals surface area contributed by atoms with Gasteiger partial charge in [0.05, 0.1) is 22.5 Å². The van der Waals surface area contributed by atoms with Gasteiger partial charge in [0.2, 0.25) is 0 Å². The topological polar surface area (TPSA) is 40.6 Å². The van der Waals surface area contributed by atoms with Gasteiger partial charge in [0, 0.05) is 4.47 Å². The molecule has 26 heavy (non-hydrogen) atoms. The third-order valence-electron chi connectivity index (χ3n) is 4.30. The highest BCUT2D eigenvalue weighted by atomic mass is 79.9. The smallest absolute Gasteiger partial charge is 0.267 e. The number of aryl methyl sites for hydroxylation is 1. The molecule has 0 atom stereocenters. The third-order valence-corrected chi connectivity index (χ3v) is 4.94. The molecule has 1 heterocycles. The van der Waals surface area contributed by atoms with Crippen LogP contribution in [-0.4, -0.2) is 16.8 Å². The fourth-order valence-electron chi connectivity index (χ4n) is 3.07. The number of hydrogen-bond donors (Lipinski definition) is 0. The highest BCUT2D eigenvalue weighted by Gasteiger charge is 2.40. The molecule has 0 aliphatic carbocycles. The molecule has 0 fully saturated rings. The molecule has 0 radical (unpaired) electrons. The Hall–Kier alpha value is -2.92. The molecule has 0 spiro atoms.